The van der Waals surface area contributed by atoms with Crippen LogP contribution in [0.1, 0.15) is 24.9 Å². The number of anilines is 1. The Morgan fingerprint density at radius 1 is 1.20 bits per heavy atom. The molecule has 0 spiro atoms. The molecule has 2 rings (SSSR count). The predicted octanol–water partition coefficient (Wildman–Crippen LogP) is 4.10. The lowest BCUT2D eigenvalue weighted by atomic mass is 10.0. The molecule has 0 saturated heterocycles. The molecule has 1 unspecified atom stereocenters. The van der Waals surface area contributed by atoms with Crippen LogP contribution in [0.2, 0.25) is 0 Å². The lowest BCUT2D eigenvalue weighted by Crippen LogP contribution is -2.09. The van der Waals surface area contributed by atoms with Crippen LogP contribution in [0.15, 0.2) is 42.5 Å². The van der Waals surface area contributed by atoms with Crippen LogP contribution in [-0.4, -0.2) is 12.2 Å². The van der Waals surface area contributed by atoms with Crippen molar-refractivity contribution in [3.8, 4) is 11.5 Å². The lowest BCUT2D eigenvalue weighted by molar-refractivity contribution is 0.373. The summed E-state index contributed by atoms with van der Waals surface area (Å²) in [5, 5.41) is 13.1. The molecule has 20 heavy (non-hydrogen) atoms. The number of hydrogen-bond donors (Lipinski definition) is 2. The SMILES string of the molecule is CCC(Nc1ccc(OC)c(O)c1)c1ccc(F)cc1. The summed E-state index contributed by atoms with van der Waals surface area (Å²) in [5.74, 6) is 0.280. The van der Waals surface area contributed by atoms with Crippen molar-refractivity contribution in [2.24, 2.45) is 0 Å². The number of phenols is 1. The summed E-state index contributed by atoms with van der Waals surface area (Å²) in [6.07, 6.45) is 0.846. The summed E-state index contributed by atoms with van der Waals surface area (Å²) in [7, 11) is 1.51. The van der Waals surface area contributed by atoms with Crippen LogP contribution in [0.5, 0.6) is 11.5 Å². The average molecular weight is 275 g/mol. The zero-order valence-corrected chi connectivity index (χ0v) is 11.6. The number of rotatable bonds is 5. The van der Waals surface area contributed by atoms with E-state index in [1.165, 1.54) is 19.2 Å². The normalized spacial score (nSPS) is 11.9. The number of methoxy groups -OCH3 is 1. The monoisotopic (exact) mass is 275 g/mol. The molecule has 106 valence electrons. The molecular weight excluding hydrogens is 257 g/mol. The fourth-order valence-corrected chi connectivity index (χ4v) is 2.10. The second-order valence-corrected chi connectivity index (χ2v) is 4.54. The van der Waals surface area contributed by atoms with Crippen LogP contribution in [0.25, 0.3) is 0 Å². The Balaban J connectivity index is 2.17. The molecule has 0 radical (unpaired) electrons. The van der Waals surface area contributed by atoms with E-state index in [-0.39, 0.29) is 17.6 Å². The van der Waals surface area contributed by atoms with E-state index in [0.717, 1.165) is 17.7 Å². The molecule has 0 aliphatic carbocycles. The van der Waals surface area contributed by atoms with Gasteiger partial charge in [0.25, 0.3) is 0 Å². The molecule has 0 aliphatic rings. The topological polar surface area (TPSA) is 41.5 Å². The Bertz CT molecular complexity index is 569. The number of phenolic OH excluding ortho intramolecular Hbond substituents is 1. The Labute approximate surface area is 118 Å². The number of nitrogens with one attached hydrogen (secondary N) is 1. The van der Waals surface area contributed by atoms with Gasteiger partial charge in [0.05, 0.1) is 13.2 Å². The number of benzene rings is 2. The molecule has 0 saturated carbocycles. The van der Waals surface area contributed by atoms with E-state index in [0.29, 0.717) is 5.75 Å². The van der Waals surface area contributed by atoms with Crippen molar-refractivity contribution >= 4 is 5.69 Å². The van der Waals surface area contributed by atoms with E-state index < -0.39 is 0 Å². The van der Waals surface area contributed by atoms with Crippen LogP contribution < -0.4 is 10.1 Å². The molecule has 0 bridgehead atoms. The standard InChI is InChI=1S/C16H18FNO2/c1-3-14(11-4-6-12(17)7-5-11)18-13-8-9-16(20-2)15(19)10-13/h4-10,14,18-19H,3H2,1-2H3. The molecule has 0 amide bonds. The van der Waals surface area contributed by atoms with E-state index in [4.69, 9.17) is 4.74 Å². The second kappa shape index (κ2) is 6.28. The van der Waals surface area contributed by atoms with E-state index in [1.807, 2.05) is 13.0 Å². The minimum atomic E-state index is -0.245. The summed E-state index contributed by atoms with van der Waals surface area (Å²) in [4.78, 5) is 0. The zero-order chi connectivity index (χ0) is 14.5. The average Bonchev–Trinajstić information content (AvgIpc) is 2.46. The molecule has 2 aromatic carbocycles. The van der Waals surface area contributed by atoms with Gasteiger partial charge in [0.2, 0.25) is 0 Å². The van der Waals surface area contributed by atoms with Gasteiger partial charge in [-0.15, -0.1) is 0 Å². The van der Waals surface area contributed by atoms with Gasteiger partial charge in [0, 0.05) is 11.8 Å². The highest BCUT2D eigenvalue weighted by atomic mass is 19.1. The maximum absolute atomic E-state index is 12.9. The highest BCUT2D eigenvalue weighted by Gasteiger charge is 2.10. The van der Waals surface area contributed by atoms with Gasteiger partial charge in [0.15, 0.2) is 11.5 Å². The van der Waals surface area contributed by atoms with Crippen molar-refractivity contribution in [3.05, 3.63) is 53.8 Å². The van der Waals surface area contributed by atoms with Gasteiger partial charge in [-0.3, -0.25) is 0 Å². The Kier molecular flexibility index (Phi) is 4.45. The maximum Gasteiger partial charge on any atom is 0.160 e. The van der Waals surface area contributed by atoms with Crippen molar-refractivity contribution in [3.63, 3.8) is 0 Å². The number of halogens is 1. The van der Waals surface area contributed by atoms with Crippen LogP contribution >= 0.6 is 0 Å². The fraction of sp³-hybridized carbons (Fsp3) is 0.250. The number of ether oxygens (including phenoxy) is 1. The molecule has 0 fully saturated rings. The molecular formula is C16H18FNO2. The molecule has 4 heteroatoms. The predicted molar refractivity (Wildman–Crippen MR) is 77.7 cm³/mol. The van der Waals surface area contributed by atoms with Gasteiger partial charge in [-0.05, 0) is 36.2 Å². The van der Waals surface area contributed by atoms with E-state index in [9.17, 15) is 9.50 Å². The van der Waals surface area contributed by atoms with Gasteiger partial charge in [-0.1, -0.05) is 19.1 Å². The zero-order valence-electron chi connectivity index (χ0n) is 11.6. The first-order valence-electron chi connectivity index (χ1n) is 6.53. The maximum atomic E-state index is 12.9. The molecule has 0 aliphatic heterocycles. The van der Waals surface area contributed by atoms with Crippen molar-refractivity contribution in [2.45, 2.75) is 19.4 Å². The Morgan fingerprint density at radius 2 is 1.90 bits per heavy atom. The quantitative estimate of drug-likeness (QED) is 0.863. The molecule has 3 nitrogen and oxygen atoms in total. The number of hydrogen-bond acceptors (Lipinski definition) is 3. The minimum absolute atomic E-state index is 0.0587. The third kappa shape index (κ3) is 3.20. The van der Waals surface area contributed by atoms with Gasteiger partial charge in [0.1, 0.15) is 5.82 Å². The highest BCUT2D eigenvalue weighted by Crippen LogP contribution is 2.31. The third-order valence-corrected chi connectivity index (χ3v) is 3.20. The van der Waals surface area contributed by atoms with Crippen LogP contribution in [-0.2, 0) is 0 Å². The van der Waals surface area contributed by atoms with Crippen LogP contribution in [0, 0.1) is 5.82 Å². The molecule has 2 aromatic rings. The molecule has 1 atom stereocenters. The summed E-state index contributed by atoms with van der Waals surface area (Å²) >= 11 is 0. The molecule has 0 aromatic heterocycles. The highest BCUT2D eigenvalue weighted by molar-refractivity contribution is 5.55. The second-order valence-electron chi connectivity index (χ2n) is 4.54. The van der Waals surface area contributed by atoms with E-state index >= 15 is 0 Å². The van der Waals surface area contributed by atoms with Crippen LogP contribution in [0.4, 0.5) is 10.1 Å². The van der Waals surface area contributed by atoms with Crippen molar-refractivity contribution in [2.75, 3.05) is 12.4 Å². The first-order valence-corrected chi connectivity index (χ1v) is 6.53. The van der Waals surface area contributed by atoms with Gasteiger partial charge >= 0.3 is 0 Å². The molecule has 0 heterocycles. The largest absolute Gasteiger partial charge is 0.504 e. The smallest absolute Gasteiger partial charge is 0.160 e. The first kappa shape index (κ1) is 14.2. The first-order chi connectivity index (χ1) is 9.63. The number of aromatic hydroxyl groups is 1. The summed E-state index contributed by atoms with van der Waals surface area (Å²) < 4.78 is 18.0. The van der Waals surface area contributed by atoms with E-state index in [1.54, 1.807) is 24.3 Å². The van der Waals surface area contributed by atoms with E-state index in [2.05, 4.69) is 5.32 Å². The van der Waals surface area contributed by atoms with Gasteiger partial charge < -0.3 is 15.2 Å². The summed E-state index contributed by atoms with van der Waals surface area (Å²) in [5.41, 5.74) is 1.80. The Hall–Kier alpha value is -2.23. The van der Waals surface area contributed by atoms with Gasteiger partial charge in [-0.25, -0.2) is 4.39 Å². The third-order valence-electron chi connectivity index (χ3n) is 3.20. The Morgan fingerprint density at radius 3 is 2.45 bits per heavy atom. The van der Waals surface area contributed by atoms with Crippen molar-refractivity contribution in [1.82, 2.24) is 0 Å². The van der Waals surface area contributed by atoms with Crippen molar-refractivity contribution in [1.29, 1.82) is 0 Å². The van der Waals surface area contributed by atoms with Gasteiger partial charge in [-0.2, -0.15) is 0 Å². The summed E-state index contributed by atoms with van der Waals surface area (Å²) in [6.45, 7) is 2.05. The summed E-state index contributed by atoms with van der Waals surface area (Å²) in [6, 6.07) is 11.6. The van der Waals surface area contributed by atoms with Crippen molar-refractivity contribution < 1.29 is 14.2 Å². The molecule has 2 N–H and O–H groups in total. The minimum Gasteiger partial charge on any atom is -0.504 e. The van der Waals surface area contributed by atoms with Crippen LogP contribution in [0.3, 0.4) is 0 Å². The fourth-order valence-electron chi connectivity index (χ4n) is 2.10. The lowest BCUT2D eigenvalue weighted by Gasteiger charge is -2.19.